The third kappa shape index (κ3) is 4.63. The van der Waals surface area contributed by atoms with Gasteiger partial charge in [-0.2, -0.15) is 0 Å². The van der Waals surface area contributed by atoms with Crippen molar-refractivity contribution in [1.82, 2.24) is 0 Å². The third-order valence-corrected chi connectivity index (χ3v) is 3.74. The number of carbonyl (C=O) groups is 1. The zero-order valence-electron chi connectivity index (χ0n) is 13.2. The second-order valence-corrected chi connectivity index (χ2v) is 5.65. The van der Waals surface area contributed by atoms with Gasteiger partial charge in [-0.05, 0) is 52.3 Å². The minimum atomic E-state index is -0.106. The lowest BCUT2D eigenvalue weighted by molar-refractivity contribution is -0.114. The fraction of sp³-hybridized carbons (Fsp3) is 0.235. The highest BCUT2D eigenvalue weighted by molar-refractivity contribution is 9.10. The minimum Gasteiger partial charge on any atom is -0.496 e. The number of methoxy groups -OCH3 is 2. The summed E-state index contributed by atoms with van der Waals surface area (Å²) in [7, 11) is 3.22. The van der Waals surface area contributed by atoms with E-state index in [0.29, 0.717) is 23.9 Å². The molecule has 1 amide bonds. The zero-order chi connectivity index (χ0) is 16.8. The van der Waals surface area contributed by atoms with Crippen LogP contribution in [0.15, 0.2) is 40.9 Å². The summed E-state index contributed by atoms with van der Waals surface area (Å²) in [6.07, 6.45) is 0. The number of hydrogen-bond donors (Lipinski definition) is 1. The molecule has 0 saturated heterocycles. The van der Waals surface area contributed by atoms with Gasteiger partial charge in [0.2, 0.25) is 5.91 Å². The van der Waals surface area contributed by atoms with Crippen LogP contribution < -0.4 is 19.5 Å². The summed E-state index contributed by atoms with van der Waals surface area (Å²) in [5.74, 6) is 2.02. The average molecular weight is 380 g/mol. The Balaban J connectivity index is 2.09. The van der Waals surface area contributed by atoms with E-state index >= 15 is 0 Å². The molecule has 0 bridgehead atoms. The Hall–Kier alpha value is -2.21. The highest BCUT2D eigenvalue weighted by Gasteiger charge is 2.10. The van der Waals surface area contributed by atoms with Crippen molar-refractivity contribution < 1.29 is 19.0 Å². The van der Waals surface area contributed by atoms with Crippen LogP contribution in [0.5, 0.6) is 17.2 Å². The molecule has 0 radical (unpaired) electrons. The van der Waals surface area contributed by atoms with Gasteiger partial charge in [-0.25, -0.2) is 0 Å². The molecular formula is C17H18BrNO4. The molecule has 2 aromatic carbocycles. The van der Waals surface area contributed by atoms with Gasteiger partial charge in [0.05, 0.1) is 18.7 Å². The van der Waals surface area contributed by atoms with E-state index in [2.05, 4.69) is 21.2 Å². The summed E-state index contributed by atoms with van der Waals surface area (Å²) in [5.41, 5.74) is 1.60. The second kappa shape index (κ2) is 7.87. The lowest BCUT2D eigenvalue weighted by atomic mass is 10.2. The van der Waals surface area contributed by atoms with Crippen molar-refractivity contribution >= 4 is 27.5 Å². The van der Waals surface area contributed by atoms with Gasteiger partial charge in [0.1, 0.15) is 23.9 Å². The molecule has 0 aliphatic heterocycles. The van der Waals surface area contributed by atoms with Crippen LogP contribution in [0.1, 0.15) is 12.5 Å². The first-order valence-corrected chi connectivity index (χ1v) is 7.73. The first-order chi connectivity index (χ1) is 11.0. The van der Waals surface area contributed by atoms with E-state index in [1.165, 1.54) is 6.92 Å². The van der Waals surface area contributed by atoms with Crippen LogP contribution in [-0.2, 0) is 11.4 Å². The highest BCUT2D eigenvalue weighted by Crippen LogP contribution is 2.33. The third-order valence-electron chi connectivity index (χ3n) is 3.12. The lowest BCUT2D eigenvalue weighted by Crippen LogP contribution is -2.05. The van der Waals surface area contributed by atoms with Crippen molar-refractivity contribution in [3.63, 3.8) is 0 Å². The number of ether oxygens (including phenoxy) is 3. The normalized spacial score (nSPS) is 10.1. The summed E-state index contributed by atoms with van der Waals surface area (Å²) in [6, 6.07) is 10.9. The number of benzene rings is 2. The quantitative estimate of drug-likeness (QED) is 0.823. The van der Waals surface area contributed by atoms with Crippen LogP contribution >= 0.6 is 15.9 Å². The van der Waals surface area contributed by atoms with Crippen LogP contribution in [-0.4, -0.2) is 20.1 Å². The molecule has 6 heteroatoms. The van der Waals surface area contributed by atoms with Crippen molar-refractivity contribution in [2.45, 2.75) is 13.5 Å². The van der Waals surface area contributed by atoms with Crippen molar-refractivity contribution in [2.24, 2.45) is 0 Å². The van der Waals surface area contributed by atoms with E-state index in [4.69, 9.17) is 14.2 Å². The molecule has 0 fully saturated rings. The molecule has 0 aliphatic rings. The van der Waals surface area contributed by atoms with E-state index in [1.54, 1.807) is 38.5 Å². The fourth-order valence-corrected chi connectivity index (χ4v) is 2.52. The Morgan fingerprint density at radius 2 is 1.74 bits per heavy atom. The van der Waals surface area contributed by atoms with Gasteiger partial charge < -0.3 is 19.5 Å². The number of carbonyl (C=O) groups excluding carboxylic acids is 1. The Morgan fingerprint density at radius 1 is 1.09 bits per heavy atom. The Bertz CT molecular complexity index is 686. The first kappa shape index (κ1) is 17.1. The molecule has 0 atom stereocenters. The van der Waals surface area contributed by atoms with E-state index in [1.807, 2.05) is 12.1 Å². The monoisotopic (exact) mass is 379 g/mol. The summed E-state index contributed by atoms with van der Waals surface area (Å²) in [6.45, 7) is 1.81. The molecule has 0 spiro atoms. The fourth-order valence-electron chi connectivity index (χ4n) is 2.04. The predicted octanol–water partition coefficient (Wildman–Crippen LogP) is 4.00. The van der Waals surface area contributed by atoms with Gasteiger partial charge >= 0.3 is 0 Å². The van der Waals surface area contributed by atoms with Crippen LogP contribution in [0.3, 0.4) is 0 Å². The van der Waals surface area contributed by atoms with Gasteiger partial charge in [0.25, 0.3) is 0 Å². The lowest BCUT2D eigenvalue weighted by Gasteiger charge is -2.13. The van der Waals surface area contributed by atoms with Gasteiger partial charge in [0, 0.05) is 18.2 Å². The molecule has 0 aromatic heterocycles. The van der Waals surface area contributed by atoms with Crippen LogP contribution in [0.4, 0.5) is 5.69 Å². The molecule has 5 nitrogen and oxygen atoms in total. The average Bonchev–Trinajstić information content (AvgIpc) is 2.54. The summed E-state index contributed by atoms with van der Waals surface area (Å²) >= 11 is 3.43. The van der Waals surface area contributed by atoms with Crippen LogP contribution in [0.25, 0.3) is 0 Å². The topological polar surface area (TPSA) is 56.8 Å². The standard InChI is InChI=1S/C17H18BrNO4/c1-11(20)19-13-4-6-14(7-5-13)23-10-12-8-17(22-3)15(18)9-16(12)21-2/h4-9H,10H2,1-3H3,(H,19,20). The van der Waals surface area contributed by atoms with Crippen molar-refractivity contribution in [3.05, 3.63) is 46.4 Å². The van der Waals surface area contributed by atoms with E-state index in [-0.39, 0.29) is 5.91 Å². The van der Waals surface area contributed by atoms with E-state index in [0.717, 1.165) is 15.7 Å². The molecule has 2 aromatic rings. The molecule has 0 unspecified atom stereocenters. The molecule has 1 N–H and O–H groups in total. The Labute approximate surface area is 143 Å². The largest absolute Gasteiger partial charge is 0.496 e. The molecule has 122 valence electrons. The maximum atomic E-state index is 11.0. The molecular weight excluding hydrogens is 362 g/mol. The van der Waals surface area contributed by atoms with E-state index in [9.17, 15) is 4.79 Å². The van der Waals surface area contributed by atoms with Crippen LogP contribution in [0.2, 0.25) is 0 Å². The first-order valence-electron chi connectivity index (χ1n) is 6.94. The van der Waals surface area contributed by atoms with Crippen molar-refractivity contribution in [2.75, 3.05) is 19.5 Å². The van der Waals surface area contributed by atoms with Crippen LogP contribution in [0, 0.1) is 0 Å². The highest BCUT2D eigenvalue weighted by atomic mass is 79.9. The maximum absolute atomic E-state index is 11.0. The van der Waals surface area contributed by atoms with Gasteiger partial charge in [-0.3, -0.25) is 4.79 Å². The Morgan fingerprint density at radius 3 is 2.30 bits per heavy atom. The number of rotatable bonds is 6. The molecule has 2 rings (SSSR count). The van der Waals surface area contributed by atoms with E-state index < -0.39 is 0 Å². The smallest absolute Gasteiger partial charge is 0.221 e. The SMILES string of the molecule is COc1cc(COc2ccc(NC(C)=O)cc2)c(OC)cc1Br. The maximum Gasteiger partial charge on any atom is 0.221 e. The van der Waals surface area contributed by atoms with Gasteiger partial charge in [0.15, 0.2) is 0 Å². The summed E-state index contributed by atoms with van der Waals surface area (Å²) in [4.78, 5) is 11.0. The second-order valence-electron chi connectivity index (χ2n) is 4.79. The number of nitrogens with one attached hydrogen (secondary N) is 1. The summed E-state index contributed by atoms with van der Waals surface area (Å²) in [5, 5.41) is 2.71. The molecule has 0 saturated carbocycles. The van der Waals surface area contributed by atoms with Crippen molar-refractivity contribution in [1.29, 1.82) is 0 Å². The summed E-state index contributed by atoms with van der Waals surface area (Å²) < 4.78 is 17.2. The minimum absolute atomic E-state index is 0.106. The molecule has 0 aliphatic carbocycles. The molecule has 0 heterocycles. The number of hydrogen-bond acceptors (Lipinski definition) is 4. The van der Waals surface area contributed by atoms with Crippen molar-refractivity contribution in [3.8, 4) is 17.2 Å². The number of halogens is 1. The predicted molar refractivity (Wildman–Crippen MR) is 92.3 cm³/mol. The zero-order valence-corrected chi connectivity index (χ0v) is 14.8. The molecule has 23 heavy (non-hydrogen) atoms. The number of amides is 1. The number of anilines is 1. The van der Waals surface area contributed by atoms with Gasteiger partial charge in [-0.15, -0.1) is 0 Å². The van der Waals surface area contributed by atoms with Gasteiger partial charge in [-0.1, -0.05) is 0 Å². The Kier molecular flexibility index (Phi) is 5.87.